The summed E-state index contributed by atoms with van der Waals surface area (Å²) in [6, 6.07) is 4.73. The Hall–Kier alpha value is -1.60. The number of carbonyl (C=O) groups is 1. The van der Waals surface area contributed by atoms with Crippen molar-refractivity contribution in [3.8, 4) is 0 Å². The highest BCUT2D eigenvalue weighted by Crippen LogP contribution is 2.35. The molecule has 18 heavy (non-hydrogen) atoms. The highest BCUT2D eigenvalue weighted by atomic mass is 19.4. The predicted molar refractivity (Wildman–Crippen MR) is 56.3 cm³/mol. The number of halogens is 3. The summed E-state index contributed by atoms with van der Waals surface area (Å²) >= 11 is 0. The molecule has 100 valence electrons. The van der Waals surface area contributed by atoms with E-state index in [-0.39, 0.29) is 12.2 Å². The first-order valence-corrected chi connectivity index (χ1v) is 4.97. The van der Waals surface area contributed by atoms with E-state index >= 15 is 0 Å². The van der Waals surface area contributed by atoms with E-state index in [1.165, 1.54) is 18.2 Å². The van der Waals surface area contributed by atoms with Crippen LogP contribution in [0.3, 0.4) is 0 Å². The second-order valence-electron chi connectivity index (χ2n) is 3.49. The van der Waals surface area contributed by atoms with E-state index in [9.17, 15) is 18.0 Å². The molecule has 0 aliphatic carbocycles. The molecule has 1 atom stereocenters. The van der Waals surface area contributed by atoms with Crippen molar-refractivity contribution in [2.24, 2.45) is 5.90 Å². The molecule has 0 saturated heterocycles. The Kier molecular flexibility index (Phi) is 4.69. The third-order valence-corrected chi connectivity index (χ3v) is 2.39. The molecule has 0 amide bonds. The molecule has 0 saturated carbocycles. The zero-order chi connectivity index (χ0) is 13.8. The van der Waals surface area contributed by atoms with Gasteiger partial charge in [-0.15, -0.1) is 0 Å². The molecule has 0 aliphatic rings. The molecule has 7 heteroatoms. The maximum absolute atomic E-state index is 12.8. The van der Waals surface area contributed by atoms with Crippen LogP contribution in [-0.4, -0.2) is 19.7 Å². The van der Waals surface area contributed by atoms with Crippen LogP contribution in [0.25, 0.3) is 0 Å². The van der Waals surface area contributed by atoms with Crippen molar-refractivity contribution in [1.29, 1.82) is 0 Å². The van der Waals surface area contributed by atoms with Crippen molar-refractivity contribution >= 4 is 5.97 Å². The van der Waals surface area contributed by atoms with Crippen LogP contribution >= 0.6 is 0 Å². The minimum Gasteiger partial charge on any atom is -0.468 e. The number of methoxy groups -OCH3 is 1. The van der Waals surface area contributed by atoms with Gasteiger partial charge < -0.3 is 9.57 Å². The smallest absolute Gasteiger partial charge is 0.416 e. The lowest BCUT2D eigenvalue weighted by molar-refractivity contribution is -0.145. The third kappa shape index (κ3) is 3.21. The Morgan fingerprint density at radius 2 is 2.00 bits per heavy atom. The van der Waals surface area contributed by atoms with Gasteiger partial charge in [0.2, 0.25) is 0 Å². The normalized spacial score (nSPS) is 13.2. The SMILES string of the molecule is COC(=O)C(CON)c1ccccc1C(F)(F)F. The summed E-state index contributed by atoms with van der Waals surface area (Å²) in [6.07, 6.45) is -4.56. The fraction of sp³-hybridized carbons (Fsp3) is 0.364. The second-order valence-corrected chi connectivity index (χ2v) is 3.49. The highest BCUT2D eigenvalue weighted by Gasteiger charge is 2.37. The molecule has 2 N–H and O–H groups in total. The summed E-state index contributed by atoms with van der Waals surface area (Å²) in [7, 11) is 1.09. The molecule has 0 spiro atoms. The molecule has 1 aromatic rings. The third-order valence-electron chi connectivity index (χ3n) is 2.39. The number of ether oxygens (including phenoxy) is 1. The Bertz CT molecular complexity index is 420. The van der Waals surface area contributed by atoms with Gasteiger partial charge in [0.05, 0.1) is 19.3 Å². The van der Waals surface area contributed by atoms with Crippen molar-refractivity contribution in [2.75, 3.05) is 13.7 Å². The van der Waals surface area contributed by atoms with Gasteiger partial charge in [-0.1, -0.05) is 18.2 Å². The van der Waals surface area contributed by atoms with Crippen LogP contribution in [0.4, 0.5) is 13.2 Å². The largest absolute Gasteiger partial charge is 0.468 e. The fourth-order valence-corrected chi connectivity index (χ4v) is 1.58. The van der Waals surface area contributed by atoms with E-state index in [1.54, 1.807) is 0 Å². The van der Waals surface area contributed by atoms with Crippen molar-refractivity contribution in [3.05, 3.63) is 35.4 Å². The molecule has 0 bridgehead atoms. The Balaban J connectivity index is 3.24. The fourth-order valence-electron chi connectivity index (χ4n) is 1.58. The van der Waals surface area contributed by atoms with Gasteiger partial charge in [-0.05, 0) is 11.6 Å². The number of hydrogen-bond donors (Lipinski definition) is 1. The summed E-state index contributed by atoms with van der Waals surface area (Å²) in [4.78, 5) is 15.7. The lowest BCUT2D eigenvalue weighted by atomic mass is 9.94. The second kappa shape index (κ2) is 5.83. The van der Waals surface area contributed by atoms with Gasteiger partial charge >= 0.3 is 12.1 Å². The molecular formula is C11H12F3NO3. The summed E-state index contributed by atoms with van der Waals surface area (Å²) in [5.41, 5.74) is -1.13. The van der Waals surface area contributed by atoms with Crippen LogP contribution in [-0.2, 0) is 20.5 Å². The first-order valence-electron chi connectivity index (χ1n) is 4.97. The van der Waals surface area contributed by atoms with E-state index < -0.39 is 23.6 Å². The highest BCUT2D eigenvalue weighted by molar-refractivity contribution is 5.78. The lowest BCUT2D eigenvalue weighted by Gasteiger charge is -2.18. The first kappa shape index (κ1) is 14.5. The summed E-state index contributed by atoms with van der Waals surface area (Å²) in [5.74, 6) is 2.78. The maximum Gasteiger partial charge on any atom is 0.416 e. The van der Waals surface area contributed by atoms with Crippen molar-refractivity contribution in [3.63, 3.8) is 0 Å². The number of hydrogen-bond acceptors (Lipinski definition) is 4. The zero-order valence-electron chi connectivity index (χ0n) is 9.53. The molecule has 1 unspecified atom stereocenters. The number of alkyl halides is 3. The van der Waals surface area contributed by atoms with Crippen molar-refractivity contribution in [2.45, 2.75) is 12.1 Å². The van der Waals surface area contributed by atoms with E-state index in [2.05, 4.69) is 9.57 Å². The van der Waals surface area contributed by atoms with E-state index in [0.29, 0.717) is 0 Å². The van der Waals surface area contributed by atoms with E-state index in [0.717, 1.165) is 13.2 Å². The Labute approximate surface area is 101 Å². The van der Waals surface area contributed by atoms with Gasteiger partial charge in [0.25, 0.3) is 0 Å². The number of esters is 1. The van der Waals surface area contributed by atoms with Crippen LogP contribution in [0.2, 0.25) is 0 Å². The number of rotatable bonds is 4. The molecule has 4 nitrogen and oxygen atoms in total. The van der Waals surface area contributed by atoms with Gasteiger partial charge in [0.15, 0.2) is 0 Å². The number of carbonyl (C=O) groups excluding carboxylic acids is 1. The quantitative estimate of drug-likeness (QED) is 0.665. The summed E-state index contributed by atoms with van der Waals surface area (Å²) in [5, 5.41) is 0. The maximum atomic E-state index is 12.8. The van der Waals surface area contributed by atoms with Crippen molar-refractivity contribution in [1.82, 2.24) is 0 Å². The molecule has 0 aliphatic heterocycles. The lowest BCUT2D eigenvalue weighted by Crippen LogP contribution is -2.24. The predicted octanol–water partition coefficient (Wildman–Crippen LogP) is 1.85. The van der Waals surface area contributed by atoms with Gasteiger partial charge in [0, 0.05) is 0 Å². The summed E-state index contributed by atoms with van der Waals surface area (Å²) < 4.78 is 42.8. The molecular weight excluding hydrogens is 251 g/mol. The molecule has 0 heterocycles. The topological polar surface area (TPSA) is 61.5 Å². The zero-order valence-corrected chi connectivity index (χ0v) is 9.53. The first-order chi connectivity index (χ1) is 8.41. The molecule has 0 radical (unpaired) electrons. The van der Waals surface area contributed by atoms with E-state index in [1.807, 2.05) is 0 Å². The van der Waals surface area contributed by atoms with Crippen LogP contribution in [0.15, 0.2) is 24.3 Å². The van der Waals surface area contributed by atoms with Crippen LogP contribution in [0.1, 0.15) is 17.0 Å². The van der Waals surface area contributed by atoms with Crippen LogP contribution < -0.4 is 5.90 Å². The number of nitrogens with two attached hydrogens (primary N) is 1. The van der Waals surface area contributed by atoms with Gasteiger partial charge in [-0.2, -0.15) is 13.2 Å². The summed E-state index contributed by atoms with van der Waals surface area (Å²) in [6.45, 7) is -0.389. The average molecular weight is 263 g/mol. The Morgan fingerprint density at radius 1 is 1.39 bits per heavy atom. The molecule has 1 aromatic carbocycles. The van der Waals surface area contributed by atoms with Gasteiger partial charge in [-0.3, -0.25) is 4.79 Å². The molecule has 0 aromatic heterocycles. The number of benzene rings is 1. The van der Waals surface area contributed by atoms with Gasteiger partial charge in [-0.25, -0.2) is 5.90 Å². The van der Waals surface area contributed by atoms with Gasteiger partial charge in [0.1, 0.15) is 5.92 Å². The monoisotopic (exact) mass is 263 g/mol. The minimum absolute atomic E-state index is 0.220. The molecule has 1 rings (SSSR count). The molecule has 0 fully saturated rings. The average Bonchev–Trinajstić information content (AvgIpc) is 2.34. The minimum atomic E-state index is -4.56. The van der Waals surface area contributed by atoms with E-state index in [4.69, 9.17) is 5.90 Å². The van der Waals surface area contributed by atoms with Crippen molar-refractivity contribution < 1.29 is 27.5 Å². The standard InChI is InChI=1S/C11H12F3NO3/c1-17-10(16)8(6-18-15)7-4-2-3-5-9(7)11(12,13)14/h2-5,8H,6,15H2,1H3. The Morgan fingerprint density at radius 3 is 2.50 bits per heavy atom. The van der Waals surface area contributed by atoms with Crippen LogP contribution in [0.5, 0.6) is 0 Å². The van der Waals surface area contributed by atoms with Crippen LogP contribution in [0, 0.1) is 0 Å².